The minimum Gasteiger partial charge on any atom is -0.458 e. The molecule has 0 saturated carbocycles. The summed E-state index contributed by atoms with van der Waals surface area (Å²) in [5.41, 5.74) is 2.47. The number of hydrogen-bond donors (Lipinski definition) is 1. The molecule has 2 aromatic rings. The predicted molar refractivity (Wildman–Crippen MR) is 75.3 cm³/mol. The van der Waals surface area contributed by atoms with Gasteiger partial charge in [-0.1, -0.05) is 0 Å². The van der Waals surface area contributed by atoms with E-state index in [1.165, 1.54) is 24.1 Å². The maximum absolute atomic E-state index is 5.64. The number of hydrogen-bond acceptors (Lipinski definition) is 4. The Balaban J connectivity index is 2.08. The van der Waals surface area contributed by atoms with Crippen molar-refractivity contribution in [1.82, 2.24) is 9.97 Å². The third-order valence-corrected chi connectivity index (χ3v) is 3.49. The summed E-state index contributed by atoms with van der Waals surface area (Å²) in [6, 6.07) is 3.89. The van der Waals surface area contributed by atoms with E-state index < -0.39 is 0 Å². The lowest BCUT2D eigenvalue weighted by atomic mass is 9.96. The van der Waals surface area contributed by atoms with Crippen LogP contribution in [0.4, 0.5) is 5.82 Å². The molecule has 2 heterocycles. The minimum absolute atomic E-state index is 0.699. The van der Waals surface area contributed by atoms with Gasteiger partial charge in [0.25, 0.3) is 0 Å². The van der Waals surface area contributed by atoms with Crippen molar-refractivity contribution < 1.29 is 4.42 Å². The van der Waals surface area contributed by atoms with Gasteiger partial charge in [-0.2, -0.15) is 0 Å². The van der Waals surface area contributed by atoms with Crippen molar-refractivity contribution in [2.24, 2.45) is 0 Å². The zero-order chi connectivity index (χ0) is 13.2. The number of fused-ring (bicyclic) bond motifs is 1. The number of nitrogens with zero attached hydrogens (tertiary/aromatic N) is 2. The molecule has 0 fully saturated rings. The molecule has 0 spiro atoms. The van der Waals surface area contributed by atoms with Gasteiger partial charge >= 0.3 is 0 Å². The molecule has 3 rings (SSSR count). The number of aryl methyl sites for hydroxylation is 2. The van der Waals surface area contributed by atoms with Gasteiger partial charge in [0.1, 0.15) is 11.6 Å². The molecular weight excluding hydrogens is 238 g/mol. The maximum Gasteiger partial charge on any atom is 0.197 e. The second-order valence-electron chi connectivity index (χ2n) is 4.97. The Morgan fingerprint density at radius 2 is 2.05 bits per heavy atom. The van der Waals surface area contributed by atoms with Crippen molar-refractivity contribution in [2.45, 2.75) is 39.5 Å². The number of furan rings is 1. The van der Waals surface area contributed by atoms with Gasteiger partial charge in [0.05, 0.1) is 0 Å². The molecule has 0 aliphatic heterocycles. The first-order chi connectivity index (χ1) is 9.28. The summed E-state index contributed by atoms with van der Waals surface area (Å²) < 4.78 is 5.64. The molecule has 19 heavy (non-hydrogen) atoms. The van der Waals surface area contributed by atoms with E-state index in [9.17, 15) is 0 Å². The van der Waals surface area contributed by atoms with Gasteiger partial charge in [-0.3, -0.25) is 0 Å². The molecule has 0 bridgehead atoms. The SMILES string of the molecule is CCNc1nc(-c2ccc(C)o2)nc2c1CCCC2. The molecule has 0 aromatic carbocycles. The highest BCUT2D eigenvalue weighted by atomic mass is 16.3. The van der Waals surface area contributed by atoms with Gasteiger partial charge in [-0.25, -0.2) is 9.97 Å². The van der Waals surface area contributed by atoms with Crippen LogP contribution in [0.5, 0.6) is 0 Å². The van der Waals surface area contributed by atoms with Crippen molar-refractivity contribution in [3.63, 3.8) is 0 Å². The predicted octanol–water partition coefficient (Wildman–Crippen LogP) is 3.36. The van der Waals surface area contributed by atoms with Crippen molar-refractivity contribution in [1.29, 1.82) is 0 Å². The van der Waals surface area contributed by atoms with Crippen LogP contribution in [0, 0.1) is 6.92 Å². The average molecular weight is 257 g/mol. The molecule has 1 aliphatic rings. The largest absolute Gasteiger partial charge is 0.458 e. The number of nitrogens with one attached hydrogen (secondary N) is 1. The number of aromatic nitrogens is 2. The smallest absolute Gasteiger partial charge is 0.197 e. The quantitative estimate of drug-likeness (QED) is 0.916. The van der Waals surface area contributed by atoms with Gasteiger partial charge in [0.2, 0.25) is 0 Å². The van der Waals surface area contributed by atoms with Crippen LogP contribution in [0.3, 0.4) is 0 Å². The topological polar surface area (TPSA) is 51.0 Å². The summed E-state index contributed by atoms with van der Waals surface area (Å²) in [4.78, 5) is 9.34. The van der Waals surface area contributed by atoms with Crippen LogP contribution in [-0.4, -0.2) is 16.5 Å². The molecule has 0 unspecified atom stereocenters. The summed E-state index contributed by atoms with van der Waals surface area (Å²) in [5.74, 6) is 3.33. The van der Waals surface area contributed by atoms with Gasteiger partial charge in [-0.05, 0) is 51.7 Å². The highest BCUT2D eigenvalue weighted by Crippen LogP contribution is 2.28. The van der Waals surface area contributed by atoms with Crippen molar-refractivity contribution >= 4 is 5.82 Å². The highest BCUT2D eigenvalue weighted by molar-refractivity contribution is 5.56. The van der Waals surface area contributed by atoms with Crippen LogP contribution in [0.25, 0.3) is 11.6 Å². The van der Waals surface area contributed by atoms with E-state index in [1.54, 1.807) is 0 Å². The Kier molecular flexibility index (Phi) is 3.23. The molecule has 1 N–H and O–H groups in total. The van der Waals surface area contributed by atoms with Gasteiger partial charge < -0.3 is 9.73 Å². The maximum atomic E-state index is 5.64. The van der Waals surface area contributed by atoms with Crippen molar-refractivity contribution in [3.8, 4) is 11.6 Å². The molecule has 100 valence electrons. The van der Waals surface area contributed by atoms with Crippen molar-refractivity contribution in [2.75, 3.05) is 11.9 Å². The Hall–Kier alpha value is -1.84. The van der Waals surface area contributed by atoms with E-state index in [0.717, 1.165) is 36.7 Å². The zero-order valence-corrected chi connectivity index (χ0v) is 11.5. The summed E-state index contributed by atoms with van der Waals surface area (Å²) >= 11 is 0. The lowest BCUT2D eigenvalue weighted by Gasteiger charge is -2.19. The first-order valence-electron chi connectivity index (χ1n) is 6.98. The van der Waals surface area contributed by atoms with E-state index >= 15 is 0 Å². The van der Waals surface area contributed by atoms with Crippen LogP contribution in [0.15, 0.2) is 16.5 Å². The van der Waals surface area contributed by atoms with E-state index in [2.05, 4.69) is 17.2 Å². The molecule has 0 saturated heterocycles. The van der Waals surface area contributed by atoms with E-state index in [1.807, 2.05) is 19.1 Å². The Morgan fingerprint density at radius 3 is 2.79 bits per heavy atom. The van der Waals surface area contributed by atoms with Gasteiger partial charge in [-0.15, -0.1) is 0 Å². The molecular formula is C15H19N3O. The summed E-state index contributed by atoms with van der Waals surface area (Å²) in [5, 5.41) is 3.36. The third-order valence-electron chi connectivity index (χ3n) is 3.49. The summed E-state index contributed by atoms with van der Waals surface area (Å²) in [7, 11) is 0. The average Bonchev–Trinajstić information content (AvgIpc) is 2.86. The third kappa shape index (κ3) is 2.35. The highest BCUT2D eigenvalue weighted by Gasteiger charge is 2.19. The summed E-state index contributed by atoms with van der Waals surface area (Å²) in [6.45, 7) is 4.90. The molecule has 0 atom stereocenters. The molecule has 0 radical (unpaired) electrons. The molecule has 2 aromatic heterocycles. The fourth-order valence-electron chi connectivity index (χ4n) is 2.57. The minimum atomic E-state index is 0.699. The summed E-state index contributed by atoms with van der Waals surface area (Å²) in [6.07, 6.45) is 4.57. The monoisotopic (exact) mass is 257 g/mol. The second kappa shape index (κ2) is 5.03. The Morgan fingerprint density at radius 1 is 1.21 bits per heavy atom. The molecule has 4 heteroatoms. The normalized spacial score (nSPS) is 14.2. The standard InChI is InChI=1S/C15H19N3O/c1-3-16-14-11-6-4-5-7-12(11)17-15(18-14)13-9-8-10(2)19-13/h8-9H,3-7H2,1-2H3,(H,16,17,18). The Bertz CT molecular complexity index is 589. The van der Waals surface area contributed by atoms with Crippen LogP contribution in [0.2, 0.25) is 0 Å². The fourth-order valence-corrected chi connectivity index (χ4v) is 2.57. The van der Waals surface area contributed by atoms with E-state index in [-0.39, 0.29) is 0 Å². The lowest BCUT2D eigenvalue weighted by molar-refractivity contribution is 0.542. The first-order valence-corrected chi connectivity index (χ1v) is 6.98. The first kappa shape index (κ1) is 12.2. The van der Waals surface area contributed by atoms with Crippen molar-refractivity contribution in [3.05, 3.63) is 29.2 Å². The molecule has 1 aliphatic carbocycles. The lowest BCUT2D eigenvalue weighted by Crippen LogP contribution is -2.13. The van der Waals surface area contributed by atoms with Crippen LogP contribution < -0.4 is 5.32 Å². The second-order valence-corrected chi connectivity index (χ2v) is 4.97. The van der Waals surface area contributed by atoms with Crippen LogP contribution >= 0.6 is 0 Å². The van der Waals surface area contributed by atoms with E-state index in [4.69, 9.17) is 9.40 Å². The Labute approximate surface area is 113 Å². The number of anilines is 1. The van der Waals surface area contributed by atoms with Crippen LogP contribution in [-0.2, 0) is 12.8 Å². The van der Waals surface area contributed by atoms with Crippen LogP contribution in [0.1, 0.15) is 36.8 Å². The zero-order valence-electron chi connectivity index (χ0n) is 11.5. The number of rotatable bonds is 3. The van der Waals surface area contributed by atoms with Gasteiger partial charge in [0.15, 0.2) is 11.6 Å². The fraction of sp³-hybridized carbons (Fsp3) is 0.467. The molecule has 4 nitrogen and oxygen atoms in total. The van der Waals surface area contributed by atoms with Gasteiger partial charge in [0, 0.05) is 17.8 Å². The van der Waals surface area contributed by atoms with E-state index in [0.29, 0.717) is 5.82 Å². The molecule has 0 amide bonds.